The first-order valence-electron chi connectivity index (χ1n) is 8.15. The second-order valence-corrected chi connectivity index (χ2v) is 5.86. The molecular weight excluding hydrogens is 393 g/mol. The molecule has 1 saturated heterocycles. The summed E-state index contributed by atoms with van der Waals surface area (Å²) in [5, 5.41) is 4.16. The maximum atomic E-state index is 12.5. The molecule has 0 spiro atoms. The van der Waals surface area contributed by atoms with Crippen LogP contribution in [-0.2, 0) is 4.79 Å². The van der Waals surface area contributed by atoms with Gasteiger partial charge in [0, 0.05) is 18.3 Å². The molecule has 3 amide bonds. The van der Waals surface area contributed by atoms with Gasteiger partial charge in [-0.1, -0.05) is 0 Å². The number of hydrogen-bond acceptors (Lipinski definition) is 4. The quantitative estimate of drug-likeness (QED) is 0.706. The maximum Gasteiger partial charge on any atom is 0.405 e. The number of amides is 3. The van der Waals surface area contributed by atoms with E-state index in [1.54, 1.807) is 5.32 Å². The third-order valence-electron chi connectivity index (χ3n) is 3.91. The van der Waals surface area contributed by atoms with Crippen LogP contribution < -0.4 is 20.1 Å². The standard InChI is InChI=1S/C16H18F5N3O4/c1-27-11-5-4-9(7-12(11)28-14(17)18)23-15(26)24-6-2-3-10(24)13(25)22-8-16(19,20)21/h4-5,7,10,14H,2-3,6,8H2,1H3,(H,22,25)(H,23,26). The number of carbonyl (C=O) groups excluding carboxylic acids is 2. The number of likely N-dealkylation sites (tertiary alicyclic amines) is 1. The molecule has 28 heavy (non-hydrogen) atoms. The van der Waals surface area contributed by atoms with Crippen LogP contribution in [0.15, 0.2) is 18.2 Å². The summed E-state index contributed by atoms with van der Waals surface area (Å²) in [6.07, 6.45) is -3.93. The van der Waals surface area contributed by atoms with Crippen molar-refractivity contribution in [1.82, 2.24) is 10.2 Å². The van der Waals surface area contributed by atoms with Crippen molar-refractivity contribution in [3.05, 3.63) is 18.2 Å². The number of carbonyl (C=O) groups is 2. The first kappa shape index (κ1) is 21.5. The topological polar surface area (TPSA) is 79.9 Å². The zero-order chi connectivity index (χ0) is 20.9. The molecule has 0 radical (unpaired) electrons. The molecule has 1 unspecified atom stereocenters. The third-order valence-corrected chi connectivity index (χ3v) is 3.91. The lowest BCUT2D eigenvalue weighted by molar-refractivity contribution is -0.140. The minimum atomic E-state index is -4.56. The van der Waals surface area contributed by atoms with E-state index in [-0.39, 0.29) is 30.2 Å². The van der Waals surface area contributed by atoms with E-state index >= 15 is 0 Å². The molecule has 0 bridgehead atoms. The number of rotatable bonds is 6. The summed E-state index contributed by atoms with van der Waals surface area (Å²) in [5.41, 5.74) is 0.0859. The van der Waals surface area contributed by atoms with Crippen molar-refractivity contribution in [3.8, 4) is 11.5 Å². The molecule has 1 aromatic carbocycles. The fraction of sp³-hybridized carbons (Fsp3) is 0.500. The van der Waals surface area contributed by atoms with Crippen molar-refractivity contribution in [2.75, 3.05) is 25.5 Å². The van der Waals surface area contributed by atoms with Crippen LogP contribution in [0.4, 0.5) is 32.4 Å². The van der Waals surface area contributed by atoms with Crippen LogP contribution >= 0.6 is 0 Å². The van der Waals surface area contributed by atoms with Crippen LogP contribution in [0.25, 0.3) is 0 Å². The highest BCUT2D eigenvalue weighted by atomic mass is 19.4. The summed E-state index contributed by atoms with van der Waals surface area (Å²) >= 11 is 0. The number of hydrogen-bond donors (Lipinski definition) is 2. The molecule has 1 heterocycles. The predicted octanol–water partition coefficient (Wildman–Crippen LogP) is 2.97. The van der Waals surface area contributed by atoms with E-state index in [1.807, 2.05) is 0 Å². The summed E-state index contributed by atoms with van der Waals surface area (Å²) in [7, 11) is 1.25. The molecule has 7 nitrogen and oxygen atoms in total. The molecule has 0 saturated carbocycles. The predicted molar refractivity (Wildman–Crippen MR) is 87.4 cm³/mol. The summed E-state index contributed by atoms with van der Waals surface area (Å²) in [6.45, 7) is -4.45. The number of ether oxygens (including phenoxy) is 2. The molecule has 1 aliphatic heterocycles. The first-order chi connectivity index (χ1) is 13.1. The largest absolute Gasteiger partial charge is 0.493 e. The smallest absolute Gasteiger partial charge is 0.405 e. The number of alkyl halides is 5. The minimum Gasteiger partial charge on any atom is -0.493 e. The Hall–Kier alpha value is -2.79. The molecule has 0 aliphatic carbocycles. The van der Waals surface area contributed by atoms with E-state index in [1.165, 1.54) is 19.2 Å². The Balaban J connectivity index is 2.06. The van der Waals surface area contributed by atoms with Gasteiger partial charge in [-0.3, -0.25) is 4.79 Å². The number of anilines is 1. The lowest BCUT2D eigenvalue weighted by atomic mass is 10.2. The van der Waals surface area contributed by atoms with E-state index in [9.17, 15) is 31.5 Å². The molecule has 1 fully saturated rings. The molecule has 12 heteroatoms. The Morgan fingerprint density at radius 3 is 2.61 bits per heavy atom. The van der Waals surface area contributed by atoms with Crippen LogP contribution in [0.2, 0.25) is 0 Å². The Bertz CT molecular complexity index is 714. The number of methoxy groups -OCH3 is 1. The number of nitrogens with one attached hydrogen (secondary N) is 2. The van der Waals surface area contributed by atoms with Gasteiger partial charge in [0.1, 0.15) is 12.6 Å². The molecular formula is C16H18F5N3O4. The van der Waals surface area contributed by atoms with Gasteiger partial charge in [-0.2, -0.15) is 22.0 Å². The Labute approximate surface area is 156 Å². The van der Waals surface area contributed by atoms with E-state index in [0.29, 0.717) is 6.42 Å². The van der Waals surface area contributed by atoms with Crippen LogP contribution in [0, 0.1) is 0 Å². The molecule has 2 rings (SSSR count). The monoisotopic (exact) mass is 411 g/mol. The van der Waals surface area contributed by atoms with Crippen molar-refractivity contribution >= 4 is 17.6 Å². The minimum absolute atomic E-state index is 0.0175. The van der Waals surface area contributed by atoms with Gasteiger partial charge in [-0.15, -0.1) is 0 Å². The van der Waals surface area contributed by atoms with Gasteiger partial charge in [0.2, 0.25) is 5.91 Å². The van der Waals surface area contributed by atoms with Gasteiger partial charge < -0.3 is 25.0 Å². The normalized spacial score (nSPS) is 16.8. The van der Waals surface area contributed by atoms with Gasteiger partial charge in [-0.25, -0.2) is 4.79 Å². The zero-order valence-corrected chi connectivity index (χ0v) is 14.7. The van der Waals surface area contributed by atoms with E-state index < -0.39 is 37.3 Å². The van der Waals surface area contributed by atoms with Gasteiger partial charge >= 0.3 is 18.8 Å². The number of halogens is 5. The van der Waals surface area contributed by atoms with E-state index in [0.717, 1.165) is 11.0 Å². The van der Waals surface area contributed by atoms with Crippen LogP contribution in [0.3, 0.4) is 0 Å². The molecule has 156 valence electrons. The van der Waals surface area contributed by atoms with Crippen LogP contribution in [0.5, 0.6) is 11.5 Å². The third kappa shape index (κ3) is 5.86. The highest BCUT2D eigenvalue weighted by Crippen LogP contribution is 2.32. The zero-order valence-electron chi connectivity index (χ0n) is 14.7. The summed E-state index contributed by atoms with van der Waals surface area (Å²) in [5.74, 6) is -1.21. The first-order valence-corrected chi connectivity index (χ1v) is 8.15. The van der Waals surface area contributed by atoms with Crippen molar-refractivity contribution < 1.29 is 41.0 Å². The Morgan fingerprint density at radius 2 is 2.00 bits per heavy atom. The van der Waals surface area contributed by atoms with E-state index in [4.69, 9.17) is 4.74 Å². The average molecular weight is 411 g/mol. The summed E-state index contributed by atoms with van der Waals surface area (Å²) < 4.78 is 70.9. The maximum absolute atomic E-state index is 12.5. The number of nitrogens with zero attached hydrogens (tertiary/aromatic N) is 1. The number of benzene rings is 1. The lowest BCUT2D eigenvalue weighted by Crippen LogP contribution is -2.49. The van der Waals surface area contributed by atoms with Crippen LogP contribution in [-0.4, -0.2) is 55.9 Å². The van der Waals surface area contributed by atoms with Crippen molar-refractivity contribution in [3.63, 3.8) is 0 Å². The molecule has 1 aromatic rings. The van der Waals surface area contributed by atoms with Gasteiger partial charge in [0.25, 0.3) is 0 Å². The van der Waals surface area contributed by atoms with Gasteiger partial charge in [-0.05, 0) is 25.0 Å². The average Bonchev–Trinajstić information content (AvgIpc) is 3.08. The van der Waals surface area contributed by atoms with Crippen molar-refractivity contribution in [2.24, 2.45) is 0 Å². The Morgan fingerprint density at radius 1 is 1.29 bits per heavy atom. The second kappa shape index (κ2) is 8.93. The van der Waals surface area contributed by atoms with Crippen molar-refractivity contribution in [2.45, 2.75) is 31.7 Å². The molecule has 1 aliphatic rings. The SMILES string of the molecule is COc1ccc(NC(=O)N2CCCC2C(=O)NCC(F)(F)F)cc1OC(F)F. The Kier molecular flexibility index (Phi) is 6.86. The summed E-state index contributed by atoms with van der Waals surface area (Å²) in [6, 6.07) is 1.96. The fourth-order valence-corrected chi connectivity index (χ4v) is 2.73. The number of urea groups is 1. The van der Waals surface area contributed by atoms with Gasteiger partial charge in [0.15, 0.2) is 11.5 Å². The molecule has 1 atom stereocenters. The molecule has 0 aromatic heterocycles. The van der Waals surface area contributed by atoms with Crippen LogP contribution in [0.1, 0.15) is 12.8 Å². The summed E-state index contributed by atoms with van der Waals surface area (Å²) in [4.78, 5) is 25.5. The van der Waals surface area contributed by atoms with Gasteiger partial charge in [0.05, 0.1) is 7.11 Å². The fourth-order valence-electron chi connectivity index (χ4n) is 2.73. The molecule has 2 N–H and O–H groups in total. The highest BCUT2D eigenvalue weighted by molar-refractivity contribution is 5.94. The van der Waals surface area contributed by atoms with Crippen molar-refractivity contribution in [1.29, 1.82) is 0 Å². The second-order valence-electron chi connectivity index (χ2n) is 5.86. The highest BCUT2D eigenvalue weighted by Gasteiger charge is 2.36. The van der Waals surface area contributed by atoms with E-state index in [2.05, 4.69) is 10.1 Å². The lowest BCUT2D eigenvalue weighted by Gasteiger charge is -2.24.